The van der Waals surface area contributed by atoms with Crippen molar-refractivity contribution in [2.45, 2.75) is 27.2 Å². The molecule has 1 amide bonds. The number of amides is 1. The fourth-order valence-electron chi connectivity index (χ4n) is 2.08. The van der Waals surface area contributed by atoms with Gasteiger partial charge in [0.1, 0.15) is 11.8 Å². The Labute approximate surface area is 176 Å². The Morgan fingerprint density at radius 3 is 2.64 bits per heavy atom. The third kappa shape index (κ3) is 8.07. The molecule has 3 rings (SSSR count). The SMILES string of the molecule is CC.CCCNC(=O)C1=CN(c2ncnc3nc[nH]c23)CCS1.CN.CSC. The van der Waals surface area contributed by atoms with Crippen LogP contribution in [-0.4, -0.2) is 64.2 Å². The smallest absolute Gasteiger partial charge is 0.259 e. The van der Waals surface area contributed by atoms with Crippen LogP contribution in [0.5, 0.6) is 0 Å². The second-order valence-electron chi connectivity index (χ2n) is 5.00. The quantitative estimate of drug-likeness (QED) is 0.683. The lowest BCUT2D eigenvalue weighted by molar-refractivity contribution is -0.116. The molecule has 0 fully saturated rings. The molecule has 1 aliphatic rings. The van der Waals surface area contributed by atoms with E-state index in [1.807, 2.05) is 44.4 Å². The van der Waals surface area contributed by atoms with Crippen molar-refractivity contribution >= 4 is 46.4 Å². The zero-order valence-electron chi connectivity index (χ0n) is 17.7. The highest BCUT2D eigenvalue weighted by atomic mass is 32.2. The molecule has 0 unspecified atom stereocenters. The predicted octanol–water partition coefficient (Wildman–Crippen LogP) is 2.85. The Bertz CT molecular complexity index is 706. The number of fused-ring (bicyclic) bond motifs is 1. The fraction of sp³-hybridized carbons (Fsp3) is 0.556. The number of rotatable bonds is 4. The summed E-state index contributed by atoms with van der Waals surface area (Å²) < 4.78 is 0. The maximum absolute atomic E-state index is 12.1. The Kier molecular flexibility index (Phi) is 15.2. The van der Waals surface area contributed by atoms with Crippen LogP contribution in [0.2, 0.25) is 0 Å². The topological polar surface area (TPSA) is 113 Å². The van der Waals surface area contributed by atoms with Gasteiger partial charge in [0.2, 0.25) is 0 Å². The predicted molar refractivity (Wildman–Crippen MR) is 124 cm³/mol. The monoisotopic (exact) mass is 427 g/mol. The lowest BCUT2D eigenvalue weighted by Gasteiger charge is -2.25. The van der Waals surface area contributed by atoms with Crippen LogP contribution in [0.15, 0.2) is 23.8 Å². The zero-order valence-corrected chi connectivity index (χ0v) is 19.3. The summed E-state index contributed by atoms with van der Waals surface area (Å²) in [6.45, 7) is 7.51. The minimum absolute atomic E-state index is 0.0264. The van der Waals surface area contributed by atoms with Crippen LogP contribution in [0, 0.1) is 0 Å². The number of hydrogen-bond donors (Lipinski definition) is 3. The standard InChI is InChI=1S/C13H16N6OS.C2H6S.C2H6.CH5N/c1-2-3-14-13(20)9-6-19(4-5-21-9)12-10-11(16-7-15-10)17-8-18-12;1-3-2;2*1-2/h6-8H,2-5H2,1H3,(H,14,20)(H,15,16,17,18);1-2H3;1-2H3;2H2,1H3. The molecule has 2 aromatic heterocycles. The van der Waals surface area contributed by atoms with Gasteiger partial charge < -0.3 is 20.9 Å². The maximum Gasteiger partial charge on any atom is 0.259 e. The van der Waals surface area contributed by atoms with Crippen LogP contribution in [-0.2, 0) is 4.79 Å². The number of anilines is 1. The van der Waals surface area contributed by atoms with Crippen molar-refractivity contribution in [2.75, 3.05) is 43.3 Å². The summed E-state index contributed by atoms with van der Waals surface area (Å²) in [4.78, 5) is 30.4. The summed E-state index contributed by atoms with van der Waals surface area (Å²) in [5.41, 5.74) is 5.91. The van der Waals surface area contributed by atoms with Crippen molar-refractivity contribution in [3.05, 3.63) is 23.8 Å². The minimum Gasteiger partial charge on any atom is -0.352 e. The van der Waals surface area contributed by atoms with E-state index >= 15 is 0 Å². The Morgan fingerprint density at radius 1 is 1.32 bits per heavy atom. The van der Waals surface area contributed by atoms with Crippen molar-refractivity contribution in [3.8, 4) is 0 Å². The van der Waals surface area contributed by atoms with E-state index in [0.29, 0.717) is 17.1 Å². The average molecular weight is 428 g/mol. The van der Waals surface area contributed by atoms with E-state index in [4.69, 9.17) is 0 Å². The lowest BCUT2D eigenvalue weighted by Crippen LogP contribution is -2.31. The molecular formula is C18H33N7OS2. The first kappa shape index (κ1) is 26.2. The first-order valence-corrected chi connectivity index (χ1v) is 11.8. The van der Waals surface area contributed by atoms with Gasteiger partial charge >= 0.3 is 0 Å². The Hall–Kier alpha value is -1.78. The molecule has 0 bridgehead atoms. The second kappa shape index (κ2) is 16.2. The van der Waals surface area contributed by atoms with Crippen LogP contribution in [0.25, 0.3) is 11.2 Å². The van der Waals surface area contributed by atoms with Gasteiger partial charge in [0.25, 0.3) is 5.91 Å². The zero-order chi connectivity index (χ0) is 21.4. The molecule has 4 N–H and O–H groups in total. The second-order valence-corrected chi connectivity index (χ2v) is 6.95. The molecule has 1 aliphatic heterocycles. The number of nitrogens with zero attached hydrogens (tertiary/aromatic N) is 4. The molecule has 0 atom stereocenters. The number of nitrogens with two attached hydrogens (primary N) is 1. The largest absolute Gasteiger partial charge is 0.352 e. The molecule has 28 heavy (non-hydrogen) atoms. The molecule has 0 saturated heterocycles. The van der Waals surface area contributed by atoms with Crippen molar-refractivity contribution in [1.82, 2.24) is 25.3 Å². The number of thioether (sulfide) groups is 2. The van der Waals surface area contributed by atoms with E-state index in [-0.39, 0.29) is 5.91 Å². The van der Waals surface area contributed by atoms with Crippen molar-refractivity contribution < 1.29 is 4.79 Å². The fourth-order valence-corrected chi connectivity index (χ4v) is 3.00. The van der Waals surface area contributed by atoms with Gasteiger partial charge in [-0.05, 0) is 26.0 Å². The van der Waals surface area contributed by atoms with Crippen molar-refractivity contribution in [3.63, 3.8) is 0 Å². The summed E-state index contributed by atoms with van der Waals surface area (Å²) in [7, 11) is 1.50. The van der Waals surface area contributed by atoms with E-state index in [9.17, 15) is 4.79 Å². The van der Waals surface area contributed by atoms with Gasteiger partial charge in [0.15, 0.2) is 11.5 Å². The van der Waals surface area contributed by atoms with Crippen LogP contribution >= 0.6 is 23.5 Å². The summed E-state index contributed by atoms with van der Waals surface area (Å²) in [6.07, 6.45) is 9.95. The van der Waals surface area contributed by atoms with Crippen molar-refractivity contribution in [1.29, 1.82) is 0 Å². The number of H-pyrrole nitrogens is 1. The van der Waals surface area contributed by atoms with E-state index in [2.05, 4.69) is 31.0 Å². The highest BCUT2D eigenvalue weighted by molar-refractivity contribution is 8.04. The highest BCUT2D eigenvalue weighted by Gasteiger charge is 2.20. The van der Waals surface area contributed by atoms with Crippen LogP contribution in [0.4, 0.5) is 5.82 Å². The molecule has 2 aromatic rings. The van der Waals surface area contributed by atoms with E-state index < -0.39 is 0 Å². The minimum atomic E-state index is -0.0264. The Morgan fingerprint density at radius 2 is 2.00 bits per heavy atom. The molecule has 3 heterocycles. The van der Waals surface area contributed by atoms with Gasteiger partial charge in [-0.15, -0.1) is 11.8 Å². The van der Waals surface area contributed by atoms with E-state index in [1.54, 1.807) is 29.9 Å². The Balaban J connectivity index is 0.000000930. The number of hydrogen-bond acceptors (Lipinski definition) is 8. The first-order valence-electron chi connectivity index (χ1n) is 9.22. The molecule has 0 spiro atoms. The van der Waals surface area contributed by atoms with Gasteiger partial charge in [-0.1, -0.05) is 20.8 Å². The van der Waals surface area contributed by atoms with Crippen molar-refractivity contribution in [2.24, 2.45) is 5.73 Å². The van der Waals surface area contributed by atoms with Gasteiger partial charge in [0.05, 0.1) is 11.2 Å². The maximum atomic E-state index is 12.1. The lowest BCUT2D eigenvalue weighted by atomic mass is 10.4. The van der Waals surface area contributed by atoms with Crippen LogP contribution in [0.1, 0.15) is 27.2 Å². The van der Waals surface area contributed by atoms with E-state index in [0.717, 1.165) is 30.1 Å². The van der Waals surface area contributed by atoms with Gasteiger partial charge in [0, 0.05) is 25.0 Å². The van der Waals surface area contributed by atoms with Gasteiger partial charge in [-0.2, -0.15) is 11.8 Å². The highest BCUT2D eigenvalue weighted by Crippen LogP contribution is 2.27. The number of carbonyl (C=O) groups excluding carboxylic acids is 1. The third-order valence-electron chi connectivity index (χ3n) is 3.10. The third-order valence-corrected chi connectivity index (χ3v) is 4.09. The molecule has 0 aliphatic carbocycles. The number of imidazole rings is 1. The number of nitrogens with one attached hydrogen (secondary N) is 2. The molecule has 8 nitrogen and oxygen atoms in total. The summed E-state index contributed by atoms with van der Waals surface area (Å²) >= 11 is 3.32. The molecule has 0 radical (unpaired) electrons. The number of aromatic nitrogens is 4. The molecule has 10 heteroatoms. The molecule has 158 valence electrons. The number of aromatic amines is 1. The molecule has 0 saturated carbocycles. The summed E-state index contributed by atoms with van der Waals surface area (Å²) in [5, 5.41) is 2.90. The summed E-state index contributed by atoms with van der Waals surface area (Å²) in [6, 6.07) is 0. The van der Waals surface area contributed by atoms with Crippen LogP contribution < -0.4 is 16.0 Å². The van der Waals surface area contributed by atoms with E-state index in [1.165, 1.54) is 13.4 Å². The summed E-state index contributed by atoms with van der Waals surface area (Å²) in [5.74, 6) is 1.56. The van der Waals surface area contributed by atoms with Crippen LogP contribution in [0.3, 0.4) is 0 Å². The van der Waals surface area contributed by atoms with Gasteiger partial charge in [-0.3, -0.25) is 4.79 Å². The number of carbonyl (C=O) groups is 1. The molecule has 0 aromatic carbocycles. The van der Waals surface area contributed by atoms with Gasteiger partial charge in [-0.25, -0.2) is 15.0 Å². The normalized spacial score (nSPS) is 12.4. The first-order chi connectivity index (χ1) is 13.7. The molecular weight excluding hydrogens is 394 g/mol. The average Bonchev–Trinajstić information content (AvgIpc) is 3.24.